The van der Waals surface area contributed by atoms with Gasteiger partial charge in [0.1, 0.15) is 10.5 Å². The van der Waals surface area contributed by atoms with E-state index in [0.717, 1.165) is 27.0 Å². The van der Waals surface area contributed by atoms with E-state index in [4.69, 9.17) is 11.6 Å². The Bertz CT molecular complexity index is 1100. The molecule has 0 unspecified atom stereocenters. The summed E-state index contributed by atoms with van der Waals surface area (Å²) >= 11 is 7.44. The summed E-state index contributed by atoms with van der Waals surface area (Å²) in [5.74, 6) is -0.0744. The molecule has 6 heteroatoms. The molecule has 27 heavy (non-hydrogen) atoms. The Balaban J connectivity index is 1.64. The molecule has 0 aliphatic carbocycles. The number of nitrogens with one attached hydrogen (secondary N) is 1. The van der Waals surface area contributed by atoms with Gasteiger partial charge < -0.3 is 5.32 Å². The van der Waals surface area contributed by atoms with Gasteiger partial charge in [0, 0.05) is 23.0 Å². The zero-order valence-corrected chi connectivity index (χ0v) is 16.5. The number of aromatic nitrogens is 2. The number of aryl methyl sites for hydroxylation is 1. The highest BCUT2D eigenvalue weighted by atomic mass is 35.5. The minimum Gasteiger partial charge on any atom is -0.345 e. The first-order valence-corrected chi connectivity index (χ1v) is 9.80. The van der Waals surface area contributed by atoms with Crippen molar-refractivity contribution in [2.24, 2.45) is 7.05 Å². The molecule has 4 rings (SSSR count). The fourth-order valence-corrected chi connectivity index (χ4v) is 4.17. The third-order valence-corrected chi connectivity index (χ3v) is 5.95. The Morgan fingerprint density at radius 2 is 1.85 bits per heavy atom. The molecule has 0 spiro atoms. The van der Waals surface area contributed by atoms with Gasteiger partial charge in [0.15, 0.2) is 0 Å². The van der Waals surface area contributed by atoms with Crippen LogP contribution in [0.2, 0.25) is 5.02 Å². The Morgan fingerprint density at radius 1 is 1.15 bits per heavy atom. The molecule has 1 amide bonds. The van der Waals surface area contributed by atoms with E-state index in [9.17, 15) is 4.79 Å². The molecule has 1 atom stereocenters. The van der Waals surface area contributed by atoms with Gasteiger partial charge in [0.2, 0.25) is 0 Å². The molecule has 2 heterocycles. The van der Waals surface area contributed by atoms with Crippen LogP contribution in [0.1, 0.15) is 28.2 Å². The first-order chi connectivity index (χ1) is 13.0. The van der Waals surface area contributed by atoms with E-state index >= 15 is 0 Å². The summed E-state index contributed by atoms with van der Waals surface area (Å²) in [6.07, 6.45) is 0. The topological polar surface area (TPSA) is 46.9 Å². The molecule has 1 N–H and O–H groups in total. The standard InChI is InChI=1S/C21H18ClN3OS/c1-13(14-6-4-3-5-7-14)23-20(26)18-12-17-19(24-25(2)21(17)27-18)15-8-10-16(22)11-9-15/h3-13H,1-2H3,(H,23,26)/t13-/m0/s1. The predicted octanol–water partition coefficient (Wildman–Crippen LogP) is 5.45. The van der Waals surface area contributed by atoms with E-state index < -0.39 is 0 Å². The number of fused-ring (bicyclic) bond motifs is 1. The van der Waals surface area contributed by atoms with E-state index in [0.29, 0.717) is 9.90 Å². The van der Waals surface area contributed by atoms with Crippen LogP contribution in [0.4, 0.5) is 0 Å². The molecule has 0 saturated carbocycles. The maximum atomic E-state index is 12.8. The highest BCUT2D eigenvalue weighted by Gasteiger charge is 2.19. The molecule has 0 aliphatic heterocycles. The lowest BCUT2D eigenvalue weighted by molar-refractivity contribution is 0.0944. The molecule has 0 radical (unpaired) electrons. The Hall–Kier alpha value is -2.63. The molecular weight excluding hydrogens is 378 g/mol. The lowest BCUT2D eigenvalue weighted by Gasteiger charge is -2.13. The number of carbonyl (C=O) groups excluding carboxylic acids is 1. The Kier molecular flexibility index (Phi) is 4.72. The van der Waals surface area contributed by atoms with E-state index in [1.165, 1.54) is 11.3 Å². The molecule has 0 aliphatic rings. The average molecular weight is 396 g/mol. The number of hydrogen-bond acceptors (Lipinski definition) is 3. The van der Waals surface area contributed by atoms with Gasteiger partial charge in [-0.3, -0.25) is 9.48 Å². The second-order valence-corrected chi connectivity index (χ2v) is 7.88. The summed E-state index contributed by atoms with van der Waals surface area (Å²) in [4.78, 5) is 14.4. The van der Waals surface area contributed by atoms with Crippen molar-refractivity contribution >= 4 is 39.1 Å². The number of nitrogens with zero attached hydrogens (tertiary/aromatic N) is 2. The molecule has 4 nitrogen and oxygen atoms in total. The zero-order valence-electron chi connectivity index (χ0n) is 14.9. The van der Waals surface area contributed by atoms with Crippen molar-refractivity contribution in [3.8, 4) is 11.3 Å². The van der Waals surface area contributed by atoms with Gasteiger partial charge in [-0.1, -0.05) is 54.1 Å². The molecular formula is C21H18ClN3OS. The highest BCUT2D eigenvalue weighted by Crippen LogP contribution is 2.34. The minimum absolute atomic E-state index is 0.0576. The van der Waals surface area contributed by atoms with Gasteiger partial charge in [0.25, 0.3) is 5.91 Å². The quantitative estimate of drug-likeness (QED) is 0.499. The van der Waals surface area contributed by atoms with Crippen LogP contribution in [0.25, 0.3) is 21.5 Å². The van der Waals surface area contributed by atoms with Crippen molar-refractivity contribution in [1.82, 2.24) is 15.1 Å². The molecule has 0 fully saturated rings. The SMILES string of the molecule is C[C@H](NC(=O)c1cc2c(-c3ccc(Cl)cc3)nn(C)c2s1)c1ccccc1. The van der Waals surface area contributed by atoms with Crippen LogP contribution in [0.3, 0.4) is 0 Å². The third-order valence-electron chi connectivity index (χ3n) is 4.50. The van der Waals surface area contributed by atoms with Crippen LogP contribution in [-0.2, 0) is 7.05 Å². The summed E-state index contributed by atoms with van der Waals surface area (Å²) in [6, 6.07) is 19.4. The van der Waals surface area contributed by atoms with Crippen molar-refractivity contribution in [1.29, 1.82) is 0 Å². The summed E-state index contributed by atoms with van der Waals surface area (Å²) < 4.78 is 1.82. The van der Waals surface area contributed by atoms with E-state index in [1.807, 2.05) is 79.3 Å². The first kappa shape index (κ1) is 17.8. The van der Waals surface area contributed by atoms with Crippen molar-refractivity contribution in [2.45, 2.75) is 13.0 Å². The lowest BCUT2D eigenvalue weighted by Crippen LogP contribution is -2.25. The maximum absolute atomic E-state index is 12.8. The summed E-state index contributed by atoms with van der Waals surface area (Å²) in [5, 5.41) is 9.35. The Labute approximate surface area is 166 Å². The van der Waals surface area contributed by atoms with Crippen LogP contribution in [-0.4, -0.2) is 15.7 Å². The molecule has 0 bridgehead atoms. The number of benzene rings is 2. The summed E-state index contributed by atoms with van der Waals surface area (Å²) in [5.41, 5.74) is 2.92. The number of halogens is 1. The molecule has 2 aromatic heterocycles. The second-order valence-electron chi connectivity index (χ2n) is 6.41. The minimum atomic E-state index is -0.0744. The van der Waals surface area contributed by atoms with Crippen LogP contribution < -0.4 is 5.32 Å². The Morgan fingerprint density at radius 3 is 2.56 bits per heavy atom. The van der Waals surface area contributed by atoms with Crippen LogP contribution in [0.5, 0.6) is 0 Å². The first-order valence-electron chi connectivity index (χ1n) is 8.61. The molecule has 4 aromatic rings. The van der Waals surface area contributed by atoms with E-state index in [2.05, 4.69) is 10.4 Å². The molecule has 136 valence electrons. The number of amides is 1. The fraction of sp³-hybridized carbons (Fsp3) is 0.143. The number of thiophene rings is 1. The second kappa shape index (κ2) is 7.18. The molecule has 2 aromatic carbocycles. The monoisotopic (exact) mass is 395 g/mol. The van der Waals surface area contributed by atoms with Gasteiger partial charge in [-0.15, -0.1) is 11.3 Å². The third kappa shape index (κ3) is 3.48. The zero-order chi connectivity index (χ0) is 19.0. The van der Waals surface area contributed by atoms with E-state index in [1.54, 1.807) is 0 Å². The smallest absolute Gasteiger partial charge is 0.261 e. The fourth-order valence-electron chi connectivity index (χ4n) is 3.07. The van der Waals surface area contributed by atoms with Gasteiger partial charge in [-0.05, 0) is 30.7 Å². The number of carbonyl (C=O) groups is 1. The van der Waals surface area contributed by atoms with Crippen molar-refractivity contribution < 1.29 is 4.79 Å². The van der Waals surface area contributed by atoms with Crippen molar-refractivity contribution in [3.63, 3.8) is 0 Å². The lowest BCUT2D eigenvalue weighted by atomic mass is 10.1. The van der Waals surface area contributed by atoms with Gasteiger partial charge >= 0.3 is 0 Å². The maximum Gasteiger partial charge on any atom is 0.261 e. The predicted molar refractivity (Wildman–Crippen MR) is 111 cm³/mol. The van der Waals surface area contributed by atoms with E-state index in [-0.39, 0.29) is 11.9 Å². The van der Waals surface area contributed by atoms with Crippen LogP contribution in [0, 0.1) is 0 Å². The average Bonchev–Trinajstić information content (AvgIpc) is 3.24. The van der Waals surface area contributed by atoms with Crippen molar-refractivity contribution in [2.75, 3.05) is 0 Å². The molecule has 0 saturated heterocycles. The van der Waals surface area contributed by atoms with Crippen molar-refractivity contribution in [3.05, 3.63) is 76.1 Å². The number of hydrogen-bond donors (Lipinski definition) is 1. The van der Waals surface area contributed by atoms with Crippen LogP contribution >= 0.6 is 22.9 Å². The largest absolute Gasteiger partial charge is 0.345 e. The highest BCUT2D eigenvalue weighted by molar-refractivity contribution is 7.20. The summed E-state index contributed by atoms with van der Waals surface area (Å²) in [7, 11) is 1.90. The van der Waals surface area contributed by atoms with Gasteiger partial charge in [-0.25, -0.2) is 0 Å². The van der Waals surface area contributed by atoms with Gasteiger partial charge in [0.05, 0.1) is 10.9 Å². The normalized spacial score (nSPS) is 12.3. The number of rotatable bonds is 4. The van der Waals surface area contributed by atoms with Gasteiger partial charge in [-0.2, -0.15) is 5.10 Å². The summed E-state index contributed by atoms with van der Waals surface area (Å²) in [6.45, 7) is 1.99. The van der Waals surface area contributed by atoms with Crippen LogP contribution in [0.15, 0.2) is 60.7 Å².